The number of nitriles is 1. The topological polar surface area (TPSA) is 99.9 Å². The Morgan fingerprint density at radius 2 is 1.96 bits per heavy atom. The summed E-state index contributed by atoms with van der Waals surface area (Å²) in [5.41, 5.74) is -1.49. The third-order valence-corrected chi connectivity index (χ3v) is 4.60. The number of carboxylic acid groups (broad SMARTS) is 1. The number of rotatable bonds is 3. The van der Waals surface area contributed by atoms with Crippen molar-refractivity contribution in [2.45, 2.75) is 51.3 Å². The zero-order valence-corrected chi connectivity index (χ0v) is 14.3. The van der Waals surface area contributed by atoms with E-state index in [0.717, 1.165) is 0 Å². The van der Waals surface area contributed by atoms with E-state index in [0.29, 0.717) is 26.1 Å². The van der Waals surface area contributed by atoms with E-state index < -0.39 is 29.0 Å². The third-order valence-electron chi connectivity index (χ3n) is 4.60. The van der Waals surface area contributed by atoms with E-state index >= 15 is 0 Å². The average molecular weight is 336 g/mol. The van der Waals surface area contributed by atoms with Crippen molar-refractivity contribution in [2.24, 2.45) is 11.3 Å². The van der Waals surface area contributed by atoms with Gasteiger partial charge in [-0.1, -0.05) is 6.08 Å². The molecule has 0 radical (unpaired) electrons. The highest BCUT2D eigenvalue weighted by molar-refractivity contribution is 5.75. The normalized spacial score (nSPS) is 30.8. The van der Waals surface area contributed by atoms with Crippen molar-refractivity contribution < 1.29 is 24.2 Å². The summed E-state index contributed by atoms with van der Waals surface area (Å²) in [6.07, 6.45) is 1.77. The standard InChI is InChI=1S/C17H24N2O5/c1-5-17(13(8-18)14(20)21)6-11-9-23-10-12(7-17)19(11)15(22)24-16(2,3)4/h5,11-13H,1,6-7,9-10H2,2-4H3,(H,20,21)/t11-,12+,13-,17?/m1/s1. The molecule has 24 heavy (non-hydrogen) atoms. The summed E-state index contributed by atoms with van der Waals surface area (Å²) in [5, 5.41) is 18.7. The molecule has 7 nitrogen and oxygen atoms in total. The van der Waals surface area contributed by atoms with Crippen molar-refractivity contribution in [3.63, 3.8) is 0 Å². The Hall–Kier alpha value is -2.07. The molecule has 0 aromatic heterocycles. The fourth-order valence-electron chi connectivity index (χ4n) is 3.64. The lowest BCUT2D eigenvalue weighted by molar-refractivity contribution is -0.148. The van der Waals surface area contributed by atoms with Gasteiger partial charge in [-0.25, -0.2) is 4.79 Å². The number of morpholine rings is 1. The van der Waals surface area contributed by atoms with Crippen LogP contribution in [-0.2, 0) is 14.3 Å². The summed E-state index contributed by atoms with van der Waals surface area (Å²) < 4.78 is 11.0. The molecular weight excluding hydrogens is 312 g/mol. The Bertz CT molecular complexity index is 561. The van der Waals surface area contributed by atoms with Gasteiger partial charge < -0.3 is 14.6 Å². The number of carbonyl (C=O) groups excluding carboxylic acids is 1. The monoisotopic (exact) mass is 336 g/mol. The van der Waals surface area contributed by atoms with Crippen molar-refractivity contribution in [2.75, 3.05) is 13.2 Å². The van der Waals surface area contributed by atoms with Gasteiger partial charge in [0, 0.05) is 5.41 Å². The Labute approximate surface area is 141 Å². The van der Waals surface area contributed by atoms with E-state index in [1.165, 1.54) is 0 Å². The molecule has 0 aliphatic carbocycles. The SMILES string of the molecule is C=CC1([C@H](C#N)C(=O)O)C[C@H]2COC[C@@H](C1)N2C(=O)OC(C)(C)C. The Kier molecular flexibility index (Phi) is 4.90. The van der Waals surface area contributed by atoms with Crippen molar-refractivity contribution >= 4 is 12.1 Å². The number of fused-ring (bicyclic) bond motifs is 2. The summed E-state index contributed by atoms with van der Waals surface area (Å²) in [6, 6.07) is 1.22. The molecule has 2 fully saturated rings. The van der Waals surface area contributed by atoms with Gasteiger partial charge in [-0.15, -0.1) is 6.58 Å². The summed E-state index contributed by atoms with van der Waals surface area (Å²) in [5.74, 6) is -2.36. The van der Waals surface area contributed by atoms with Crippen molar-refractivity contribution in [1.29, 1.82) is 5.26 Å². The van der Waals surface area contributed by atoms with Gasteiger partial charge in [0.15, 0.2) is 5.92 Å². The molecule has 132 valence electrons. The Balaban J connectivity index is 2.30. The second-order valence-electron chi connectivity index (χ2n) is 7.48. The predicted molar refractivity (Wildman–Crippen MR) is 85.1 cm³/mol. The summed E-state index contributed by atoms with van der Waals surface area (Å²) >= 11 is 0. The van der Waals surface area contributed by atoms with Crippen LogP contribution >= 0.6 is 0 Å². The van der Waals surface area contributed by atoms with E-state index in [4.69, 9.17) is 9.47 Å². The molecule has 2 aliphatic heterocycles. The van der Waals surface area contributed by atoms with Crippen molar-refractivity contribution in [1.82, 2.24) is 4.90 Å². The molecule has 7 heteroatoms. The van der Waals surface area contributed by atoms with Gasteiger partial charge in [0.1, 0.15) is 5.60 Å². The molecule has 4 atom stereocenters. The highest BCUT2D eigenvalue weighted by Gasteiger charge is 2.53. The van der Waals surface area contributed by atoms with E-state index in [-0.39, 0.29) is 12.1 Å². The van der Waals surface area contributed by atoms with Gasteiger partial charge in [-0.2, -0.15) is 5.26 Å². The smallest absolute Gasteiger partial charge is 0.410 e. The zero-order valence-electron chi connectivity index (χ0n) is 14.3. The fourth-order valence-corrected chi connectivity index (χ4v) is 3.64. The van der Waals surface area contributed by atoms with Crippen LogP contribution in [0.2, 0.25) is 0 Å². The number of nitrogens with zero attached hydrogens (tertiary/aromatic N) is 2. The molecule has 0 saturated carbocycles. The first-order chi connectivity index (χ1) is 11.1. The van der Waals surface area contributed by atoms with E-state index in [9.17, 15) is 20.0 Å². The van der Waals surface area contributed by atoms with Gasteiger partial charge in [0.25, 0.3) is 0 Å². The molecular formula is C17H24N2O5. The molecule has 2 saturated heterocycles. The number of allylic oxidation sites excluding steroid dienone is 1. The van der Waals surface area contributed by atoms with Crippen molar-refractivity contribution in [3.8, 4) is 6.07 Å². The minimum Gasteiger partial charge on any atom is -0.480 e. The third kappa shape index (κ3) is 3.39. The predicted octanol–water partition coefficient (Wildman–Crippen LogP) is 2.18. The van der Waals surface area contributed by atoms with Gasteiger partial charge in [-0.3, -0.25) is 9.69 Å². The van der Waals surface area contributed by atoms with Crippen LogP contribution in [0, 0.1) is 22.7 Å². The quantitative estimate of drug-likeness (QED) is 0.793. The Morgan fingerprint density at radius 1 is 1.42 bits per heavy atom. The summed E-state index contributed by atoms with van der Waals surface area (Å²) in [6.45, 7) is 9.75. The molecule has 0 aromatic carbocycles. The van der Waals surface area contributed by atoms with Gasteiger partial charge in [-0.05, 0) is 33.6 Å². The molecule has 2 heterocycles. The van der Waals surface area contributed by atoms with Crippen LogP contribution in [0.3, 0.4) is 0 Å². The summed E-state index contributed by atoms with van der Waals surface area (Å²) in [4.78, 5) is 25.7. The lowest BCUT2D eigenvalue weighted by atomic mass is 9.64. The molecule has 2 bridgehead atoms. The molecule has 2 rings (SSSR count). The van der Waals surface area contributed by atoms with Crippen LogP contribution in [0.1, 0.15) is 33.6 Å². The largest absolute Gasteiger partial charge is 0.480 e. The number of hydrogen-bond acceptors (Lipinski definition) is 5. The summed E-state index contributed by atoms with van der Waals surface area (Å²) in [7, 11) is 0. The second kappa shape index (κ2) is 6.44. The maximum atomic E-state index is 12.5. The van der Waals surface area contributed by atoms with Gasteiger partial charge in [0.05, 0.1) is 31.4 Å². The minimum absolute atomic E-state index is 0.295. The number of hydrogen-bond donors (Lipinski definition) is 1. The molecule has 0 aromatic rings. The first kappa shape index (κ1) is 18.3. The van der Waals surface area contributed by atoms with Crippen LogP contribution in [0.5, 0.6) is 0 Å². The number of ether oxygens (including phenoxy) is 2. The highest BCUT2D eigenvalue weighted by atomic mass is 16.6. The van der Waals surface area contributed by atoms with Gasteiger partial charge >= 0.3 is 12.1 Å². The van der Waals surface area contributed by atoms with E-state index in [2.05, 4.69) is 6.58 Å². The van der Waals surface area contributed by atoms with E-state index in [1.807, 2.05) is 6.07 Å². The maximum Gasteiger partial charge on any atom is 0.410 e. The van der Waals surface area contributed by atoms with Crippen LogP contribution in [0.15, 0.2) is 12.7 Å². The van der Waals surface area contributed by atoms with Crippen LogP contribution in [-0.4, -0.2) is 53.0 Å². The first-order valence-corrected chi connectivity index (χ1v) is 7.98. The highest BCUT2D eigenvalue weighted by Crippen LogP contribution is 2.47. The lowest BCUT2D eigenvalue weighted by Crippen LogP contribution is -2.63. The number of piperidine rings is 1. The average Bonchev–Trinajstić information content (AvgIpc) is 2.44. The van der Waals surface area contributed by atoms with Crippen LogP contribution < -0.4 is 0 Å². The van der Waals surface area contributed by atoms with Crippen LogP contribution in [0.4, 0.5) is 4.79 Å². The Morgan fingerprint density at radius 3 is 2.33 bits per heavy atom. The molecule has 1 N–H and O–H groups in total. The molecule has 2 aliphatic rings. The zero-order chi connectivity index (χ0) is 18.1. The minimum atomic E-state index is -1.20. The number of aliphatic carboxylic acids is 1. The van der Waals surface area contributed by atoms with Crippen molar-refractivity contribution in [3.05, 3.63) is 12.7 Å². The maximum absolute atomic E-state index is 12.5. The second-order valence-corrected chi connectivity index (χ2v) is 7.48. The number of carbonyl (C=O) groups is 2. The van der Waals surface area contributed by atoms with E-state index in [1.54, 1.807) is 31.7 Å². The number of amides is 1. The molecule has 1 amide bonds. The molecule has 1 unspecified atom stereocenters. The van der Waals surface area contributed by atoms with Gasteiger partial charge in [0.2, 0.25) is 0 Å². The lowest BCUT2D eigenvalue weighted by Gasteiger charge is -2.52. The fraction of sp³-hybridized carbons (Fsp3) is 0.706. The van der Waals surface area contributed by atoms with Crippen LogP contribution in [0.25, 0.3) is 0 Å². The number of carboxylic acids is 1. The first-order valence-electron chi connectivity index (χ1n) is 7.98. The molecule has 0 spiro atoms.